The Bertz CT molecular complexity index is 667. The van der Waals surface area contributed by atoms with Crippen LogP contribution in [0.4, 0.5) is 0 Å². The largest absolute Gasteiger partial charge is 0.483 e. The number of carbonyl (C=O) groups excluding carboxylic acids is 1. The fourth-order valence-electron chi connectivity index (χ4n) is 2.51. The van der Waals surface area contributed by atoms with Crippen molar-refractivity contribution in [2.75, 3.05) is 6.61 Å². The molecule has 3 rings (SSSR count). The first-order valence-electron chi connectivity index (χ1n) is 7.24. The van der Waals surface area contributed by atoms with Crippen LogP contribution in [0.5, 0.6) is 5.75 Å². The zero-order chi connectivity index (χ0) is 14.8. The summed E-state index contributed by atoms with van der Waals surface area (Å²) in [6.07, 6.45) is 2.42. The highest BCUT2D eigenvalue weighted by Gasteiger charge is 2.28. The summed E-state index contributed by atoms with van der Waals surface area (Å²) in [5, 5.41) is 5.52. The van der Waals surface area contributed by atoms with E-state index in [-0.39, 0.29) is 18.6 Å². The quantitative estimate of drug-likeness (QED) is 0.912. The molecule has 0 radical (unpaired) electrons. The molecule has 1 amide bonds. The minimum Gasteiger partial charge on any atom is -0.483 e. The Morgan fingerprint density at radius 1 is 1.29 bits per heavy atom. The lowest BCUT2D eigenvalue weighted by molar-refractivity contribution is -0.123. The SMILES string of the molecule is C[C@H](NC(=O)COc1ccc(Cl)c2ccccc12)C1CC1. The number of nitrogens with one attached hydrogen (secondary N) is 1. The molecule has 110 valence electrons. The molecule has 1 atom stereocenters. The van der Waals surface area contributed by atoms with Crippen molar-refractivity contribution in [2.24, 2.45) is 5.92 Å². The lowest BCUT2D eigenvalue weighted by atomic mass is 10.1. The van der Waals surface area contributed by atoms with Gasteiger partial charge in [-0.05, 0) is 37.8 Å². The highest BCUT2D eigenvalue weighted by atomic mass is 35.5. The van der Waals surface area contributed by atoms with Crippen LogP contribution in [0.2, 0.25) is 5.02 Å². The second kappa shape index (κ2) is 5.94. The molecule has 0 unspecified atom stereocenters. The lowest BCUT2D eigenvalue weighted by Gasteiger charge is -2.14. The summed E-state index contributed by atoms with van der Waals surface area (Å²) < 4.78 is 5.67. The molecule has 3 nitrogen and oxygen atoms in total. The van der Waals surface area contributed by atoms with E-state index in [2.05, 4.69) is 5.32 Å². The molecule has 0 aliphatic heterocycles. The Morgan fingerprint density at radius 2 is 2.00 bits per heavy atom. The molecule has 0 saturated heterocycles. The van der Waals surface area contributed by atoms with Crippen LogP contribution in [0.3, 0.4) is 0 Å². The average Bonchev–Trinajstić information content (AvgIpc) is 3.31. The fraction of sp³-hybridized carbons (Fsp3) is 0.353. The van der Waals surface area contributed by atoms with E-state index < -0.39 is 0 Å². The normalized spacial score (nSPS) is 15.7. The Labute approximate surface area is 129 Å². The molecule has 4 heteroatoms. The Morgan fingerprint density at radius 3 is 2.71 bits per heavy atom. The molecule has 0 spiro atoms. The number of amides is 1. The number of halogens is 1. The molecule has 1 aliphatic rings. The van der Waals surface area contributed by atoms with E-state index in [1.165, 1.54) is 12.8 Å². The maximum Gasteiger partial charge on any atom is 0.258 e. The van der Waals surface area contributed by atoms with Gasteiger partial charge in [0.2, 0.25) is 0 Å². The van der Waals surface area contributed by atoms with E-state index in [4.69, 9.17) is 16.3 Å². The molecule has 1 fully saturated rings. The minimum absolute atomic E-state index is 0.0304. The van der Waals surface area contributed by atoms with Crippen molar-refractivity contribution in [3.8, 4) is 5.75 Å². The van der Waals surface area contributed by atoms with Crippen LogP contribution in [0, 0.1) is 5.92 Å². The first kappa shape index (κ1) is 14.2. The van der Waals surface area contributed by atoms with Crippen LogP contribution in [0.1, 0.15) is 19.8 Å². The van der Waals surface area contributed by atoms with Crippen molar-refractivity contribution < 1.29 is 9.53 Å². The van der Waals surface area contributed by atoms with Crippen LogP contribution in [-0.4, -0.2) is 18.6 Å². The van der Waals surface area contributed by atoms with Crippen LogP contribution in [0.15, 0.2) is 36.4 Å². The van der Waals surface area contributed by atoms with Crippen molar-refractivity contribution >= 4 is 28.3 Å². The third kappa shape index (κ3) is 3.30. The van der Waals surface area contributed by atoms with Crippen molar-refractivity contribution in [1.29, 1.82) is 0 Å². The molecular formula is C17H18ClNO2. The summed E-state index contributed by atoms with van der Waals surface area (Å²) in [5.41, 5.74) is 0. The van der Waals surface area contributed by atoms with E-state index in [0.717, 1.165) is 10.8 Å². The molecule has 1 saturated carbocycles. The first-order chi connectivity index (χ1) is 10.1. The molecule has 0 bridgehead atoms. The third-order valence-corrected chi connectivity index (χ3v) is 4.24. The Balaban J connectivity index is 1.67. The smallest absolute Gasteiger partial charge is 0.258 e. The van der Waals surface area contributed by atoms with Gasteiger partial charge in [0.15, 0.2) is 6.61 Å². The van der Waals surface area contributed by atoms with Gasteiger partial charge in [-0.15, -0.1) is 0 Å². The molecule has 0 aromatic heterocycles. The molecule has 0 heterocycles. The summed E-state index contributed by atoms with van der Waals surface area (Å²) in [6, 6.07) is 11.6. The monoisotopic (exact) mass is 303 g/mol. The predicted molar refractivity (Wildman–Crippen MR) is 84.8 cm³/mol. The molecule has 1 N–H and O–H groups in total. The number of fused-ring (bicyclic) bond motifs is 1. The van der Waals surface area contributed by atoms with Gasteiger partial charge < -0.3 is 10.1 Å². The number of hydrogen-bond acceptors (Lipinski definition) is 2. The number of ether oxygens (including phenoxy) is 1. The van der Waals surface area contributed by atoms with E-state index in [0.29, 0.717) is 16.7 Å². The fourth-order valence-corrected chi connectivity index (χ4v) is 2.74. The molecule has 2 aromatic rings. The molecule has 21 heavy (non-hydrogen) atoms. The van der Waals surface area contributed by atoms with Gasteiger partial charge in [0.25, 0.3) is 5.91 Å². The molecule has 1 aliphatic carbocycles. The number of hydrogen-bond donors (Lipinski definition) is 1. The van der Waals surface area contributed by atoms with Gasteiger partial charge in [-0.2, -0.15) is 0 Å². The number of rotatable bonds is 5. The first-order valence-corrected chi connectivity index (χ1v) is 7.62. The Hall–Kier alpha value is -1.74. The summed E-state index contributed by atoms with van der Waals surface area (Å²) in [7, 11) is 0. The maximum absolute atomic E-state index is 11.9. The van der Waals surface area contributed by atoms with Crippen LogP contribution in [0.25, 0.3) is 10.8 Å². The number of benzene rings is 2. The van der Waals surface area contributed by atoms with Gasteiger partial charge >= 0.3 is 0 Å². The van der Waals surface area contributed by atoms with Crippen molar-refractivity contribution in [3.63, 3.8) is 0 Å². The van der Waals surface area contributed by atoms with E-state index in [1.807, 2.05) is 37.3 Å². The van der Waals surface area contributed by atoms with Crippen molar-refractivity contribution in [2.45, 2.75) is 25.8 Å². The van der Waals surface area contributed by atoms with Crippen molar-refractivity contribution in [1.82, 2.24) is 5.32 Å². The second-order valence-corrected chi connectivity index (χ2v) is 5.98. The van der Waals surface area contributed by atoms with Gasteiger partial charge in [0.05, 0.1) is 0 Å². The van der Waals surface area contributed by atoms with Crippen LogP contribution >= 0.6 is 11.6 Å². The summed E-state index contributed by atoms with van der Waals surface area (Å²) in [6.45, 7) is 2.08. The minimum atomic E-state index is -0.0755. The average molecular weight is 304 g/mol. The highest BCUT2D eigenvalue weighted by Crippen LogP contribution is 2.32. The van der Waals surface area contributed by atoms with Crippen LogP contribution < -0.4 is 10.1 Å². The maximum atomic E-state index is 11.9. The van der Waals surface area contributed by atoms with Gasteiger partial charge in [0.1, 0.15) is 5.75 Å². The predicted octanol–water partition coefficient (Wildman–Crippen LogP) is 3.79. The zero-order valence-electron chi connectivity index (χ0n) is 11.9. The van der Waals surface area contributed by atoms with E-state index in [9.17, 15) is 4.79 Å². The lowest BCUT2D eigenvalue weighted by Crippen LogP contribution is -2.37. The van der Waals surface area contributed by atoms with E-state index >= 15 is 0 Å². The van der Waals surface area contributed by atoms with Gasteiger partial charge in [-0.3, -0.25) is 4.79 Å². The second-order valence-electron chi connectivity index (χ2n) is 5.57. The van der Waals surface area contributed by atoms with Gasteiger partial charge in [-0.25, -0.2) is 0 Å². The molecule has 2 aromatic carbocycles. The topological polar surface area (TPSA) is 38.3 Å². The van der Waals surface area contributed by atoms with Crippen LogP contribution in [-0.2, 0) is 4.79 Å². The van der Waals surface area contributed by atoms with Gasteiger partial charge in [-0.1, -0.05) is 35.9 Å². The Kier molecular flexibility index (Phi) is 4.02. The third-order valence-electron chi connectivity index (χ3n) is 3.91. The highest BCUT2D eigenvalue weighted by molar-refractivity contribution is 6.35. The standard InChI is InChI=1S/C17H18ClNO2/c1-11(12-6-7-12)19-17(20)10-21-16-9-8-15(18)13-4-2-3-5-14(13)16/h2-5,8-9,11-12H,6-7,10H2,1H3,(H,19,20)/t11-/m0/s1. The summed E-state index contributed by atoms with van der Waals surface area (Å²) in [5.74, 6) is 1.25. The van der Waals surface area contributed by atoms with Gasteiger partial charge in [0, 0.05) is 21.8 Å². The summed E-state index contributed by atoms with van der Waals surface area (Å²) in [4.78, 5) is 11.9. The molecular weight excluding hydrogens is 286 g/mol. The van der Waals surface area contributed by atoms with Crippen molar-refractivity contribution in [3.05, 3.63) is 41.4 Å². The number of carbonyl (C=O) groups is 1. The van der Waals surface area contributed by atoms with E-state index in [1.54, 1.807) is 6.07 Å². The summed E-state index contributed by atoms with van der Waals surface area (Å²) >= 11 is 6.17. The zero-order valence-corrected chi connectivity index (χ0v) is 12.7.